The van der Waals surface area contributed by atoms with Crippen LogP contribution in [0, 0.1) is 29.4 Å². The molecule has 3 aromatic rings. The van der Waals surface area contributed by atoms with E-state index in [-0.39, 0.29) is 37.4 Å². The van der Waals surface area contributed by atoms with E-state index in [1.165, 1.54) is 6.07 Å². The van der Waals surface area contributed by atoms with Crippen LogP contribution in [0.1, 0.15) is 29.7 Å². The lowest BCUT2D eigenvalue weighted by molar-refractivity contribution is -0.207. The number of tetrazole rings is 1. The SMILES string of the molecule is O=C(N1CCC(C#Cc2ccc(C(F)(F)C(O)(Cn3cnnn3)c3ccc(F)cc3F)nc2)CC1)C(F)(F)F. The Morgan fingerprint density at radius 3 is 2.36 bits per heavy atom. The molecule has 1 amide bonds. The maximum Gasteiger partial charge on any atom is 0.471 e. The number of aliphatic hydroxyl groups is 1. The van der Waals surface area contributed by atoms with Gasteiger partial charge in [-0.25, -0.2) is 13.5 Å². The van der Waals surface area contributed by atoms with Gasteiger partial charge in [0.15, 0.2) is 5.60 Å². The van der Waals surface area contributed by atoms with Crippen LogP contribution in [0.25, 0.3) is 0 Å². The van der Waals surface area contributed by atoms with Crippen molar-refractivity contribution in [1.82, 2.24) is 30.1 Å². The summed E-state index contributed by atoms with van der Waals surface area (Å²) in [6.07, 6.45) is -2.62. The second-order valence-corrected chi connectivity index (χ2v) is 8.83. The van der Waals surface area contributed by atoms with Gasteiger partial charge in [0.2, 0.25) is 0 Å². The summed E-state index contributed by atoms with van der Waals surface area (Å²) in [5.41, 5.74) is -4.96. The third-order valence-corrected chi connectivity index (χ3v) is 6.21. The Bertz CT molecular complexity index is 1380. The first-order chi connectivity index (χ1) is 18.3. The normalized spacial score (nSPS) is 16.4. The van der Waals surface area contributed by atoms with Crippen LogP contribution in [0.5, 0.6) is 0 Å². The van der Waals surface area contributed by atoms with Crippen molar-refractivity contribution in [3.8, 4) is 11.8 Å². The topological polar surface area (TPSA) is 97.0 Å². The highest BCUT2D eigenvalue weighted by atomic mass is 19.4. The van der Waals surface area contributed by atoms with E-state index in [2.05, 4.69) is 32.4 Å². The number of likely N-dealkylation sites (tertiary alicyclic amines) is 1. The molecule has 1 atom stereocenters. The second kappa shape index (κ2) is 10.6. The van der Waals surface area contributed by atoms with Gasteiger partial charge in [-0.05, 0) is 47.5 Å². The number of alkyl halides is 5. The molecule has 0 radical (unpaired) electrons. The van der Waals surface area contributed by atoms with Gasteiger partial charge in [-0.15, -0.1) is 5.10 Å². The molecule has 0 aliphatic carbocycles. The van der Waals surface area contributed by atoms with Gasteiger partial charge in [-0.1, -0.05) is 11.8 Å². The first kappa shape index (κ1) is 28.0. The molecule has 1 unspecified atom stereocenters. The molecule has 0 saturated carbocycles. The van der Waals surface area contributed by atoms with Gasteiger partial charge in [0.1, 0.15) is 23.7 Å². The van der Waals surface area contributed by atoms with Crippen LogP contribution in [0.15, 0.2) is 42.9 Å². The molecule has 1 N–H and O–H groups in total. The number of carbonyl (C=O) groups excluding carboxylic acids is 1. The summed E-state index contributed by atoms with van der Waals surface area (Å²) in [5.74, 6) is -3.38. The summed E-state index contributed by atoms with van der Waals surface area (Å²) in [4.78, 5) is 15.7. The Morgan fingerprint density at radius 1 is 1.08 bits per heavy atom. The van der Waals surface area contributed by atoms with Crippen LogP contribution in [0.4, 0.5) is 30.7 Å². The molecular weight excluding hydrogens is 537 g/mol. The van der Waals surface area contributed by atoms with Crippen molar-refractivity contribution < 1.29 is 40.6 Å². The molecule has 0 spiro atoms. The highest BCUT2D eigenvalue weighted by Crippen LogP contribution is 2.46. The average molecular weight is 556 g/mol. The van der Waals surface area contributed by atoms with E-state index in [4.69, 9.17) is 0 Å². The zero-order valence-electron chi connectivity index (χ0n) is 19.8. The maximum atomic E-state index is 15.8. The fourth-order valence-corrected chi connectivity index (χ4v) is 4.12. The number of hydrogen-bond donors (Lipinski definition) is 1. The molecule has 8 nitrogen and oxygen atoms in total. The number of carbonyl (C=O) groups is 1. The van der Waals surface area contributed by atoms with Gasteiger partial charge in [-0.3, -0.25) is 9.78 Å². The van der Waals surface area contributed by atoms with Crippen LogP contribution in [0.3, 0.4) is 0 Å². The minimum absolute atomic E-state index is 0.124. The molecular formula is C24H19F7N6O2. The molecule has 1 aliphatic rings. The highest BCUT2D eigenvalue weighted by Gasteiger charge is 2.58. The summed E-state index contributed by atoms with van der Waals surface area (Å²) >= 11 is 0. The summed E-state index contributed by atoms with van der Waals surface area (Å²) < 4.78 is 98.0. The van der Waals surface area contributed by atoms with Crippen LogP contribution in [0.2, 0.25) is 0 Å². The maximum absolute atomic E-state index is 15.8. The number of benzene rings is 1. The minimum atomic E-state index is -4.95. The molecule has 1 fully saturated rings. The molecule has 206 valence electrons. The van der Waals surface area contributed by atoms with E-state index in [1.54, 1.807) is 0 Å². The molecule has 2 aromatic heterocycles. The Labute approximate surface area is 216 Å². The second-order valence-electron chi connectivity index (χ2n) is 8.83. The molecule has 4 rings (SSSR count). The standard InChI is InChI=1S/C24H19F7N6O2/c25-17-4-5-18(19(26)11-17)22(39,13-37-14-33-34-35-37)23(27,28)20-6-3-16(12-32-20)2-1-15-7-9-36(10-8-15)21(38)24(29,30)31/h3-6,11-12,14-15,39H,7-10,13H2. The van der Waals surface area contributed by atoms with Gasteiger partial charge in [-0.2, -0.15) is 22.0 Å². The fraction of sp³-hybridized carbons (Fsp3) is 0.375. The van der Waals surface area contributed by atoms with Crippen molar-refractivity contribution in [1.29, 1.82) is 0 Å². The molecule has 0 bridgehead atoms. The van der Waals surface area contributed by atoms with Crippen LogP contribution in [-0.4, -0.2) is 60.4 Å². The van der Waals surface area contributed by atoms with Crippen molar-refractivity contribution in [3.63, 3.8) is 0 Å². The Kier molecular flexibility index (Phi) is 7.60. The van der Waals surface area contributed by atoms with Crippen LogP contribution < -0.4 is 0 Å². The van der Waals surface area contributed by atoms with Crippen LogP contribution in [-0.2, 0) is 22.9 Å². The number of aromatic nitrogens is 5. The number of pyridine rings is 1. The molecule has 1 aromatic carbocycles. The lowest BCUT2D eigenvalue weighted by Gasteiger charge is -2.35. The fourth-order valence-electron chi connectivity index (χ4n) is 4.12. The van der Waals surface area contributed by atoms with E-state index >= 15 is 8.78 Å². The van der Waals surface area contributed by atoms with Gasteiger partial charge in [0.05, 0.1) is 6.54 Å². The smallest absolute Gasteiger partial charge is 0.377 e. The number of nitrogens with zero attached hydrogens (tertiary/aromatic N) is 6. The number of rotatable bonds is 5. The predicted octanol–water partition coefficient (Wildman–Crippen LogP) is 3.18. The van der Waals surface area contributed by atoms with E-state index < -0.39 is 53.0 Å². The van der Waals surface area contributed by atoms with Crippen LogP contribution >= 0.6 is 0 Å². The lowest BCUT2D eigenvalue weighted by Crippen LogP contribution is -2.48. The average Bonchev–Trinajstić information content (AvgIpc) is 3.39. The van der Waals surface area contributed by atoms with Crippen molar-refractivity contribution in [2.45, 2.75) is 37.1 Å². The predicted molar refractivity (Wildman–Crippen MR) is 118 cm³/mol. The first-order valence-electron chi connectivity index (χ1n) is 11.4. The van der Waals surface area contributed by atoms with E-state index in [0.29, 0.717) is 23.1 Å². The van der Waals surface area contributed by atoms with E-state index in [0.717, 1.165) is 23.3 Å². The monoisotopic (exact) mass is 556 g/mol. The van der Waals surface area contributed by atoms with Gasteiger partial charge in [0, 0.05) is 42.4 Å². The summed E-state index contributed by atoms with van der Waals surface area (Å²) in [7, 11) is 0. The molecule has 15 heteroatoms. The number of hydrogen-bond acceptors (Lipinski definition) is 6. The number of halogens is 7. The van der Waals surface area contributed by atoms with Crippen molar-refractivity contribution >= 4 is 5.91 Å². The van der Waals surface area contributed by atoms with Gasteiger partial charge >= 0.3 is 18.0 Å². The molecule has 3 heterocycles. The Hall–Kier alpha value is -4.06. The van der Waals surface area contributed by atoms with Crippen molar-refractivity contribution in [2.24, 2.45) is 5.92 Å². The first-order valence-corrected chi connectivity index (χ1v) is 11.4. The summed E-state index contributed by atoms with van der Waals surface area (Å²) in [6.45, 7) is -1.25. The third kappa shape index (κ3) is 5.85. The minimum Gasteiger partial charge on any atom is -0.377 e. The number of piperidine rings is 1. The highest BCUT2D eigenvalue weighted by molar-refractivity contribution is 5.81. The van der Waals surface area contributed by atoms with E-state index in [9.17, 15) is 31.9 Å². The summed E-state index contributed by atoms with van der Waals surface area (Å²) in [5, 5.41) is 21.2. The van der Waals surface area contributed by atoms with Crippen molar-refractivity contribution in [2.75, 3.05) is 13.1 Å². The quantitative estimate of drug-likeness (QED) is 0.383. The largest absolute Gasteiger partial charge is 0.471 e. The molecule has 39 heavy (non-hydrogen) atoms. The van der Waals surface area contributed by atoms with E-state index in [1.807, 2.05) is 0 Å². The van der Waals surface area contributed by atoms with Gasteiger partial charge < -0.3 is 10.0 Å². The molecule has 1 saturated heterocycles. The Morgan fingerprint density at radius 2 is 1.79 bits per heavy atom. The zero-order valence-corrected chi connectivity index (χ0v) is 19.8. The molecule has 1 aliphatic heterocycles. The Balaban J connectivity index is 1.54. The van der Waals surface area contributed by atoms with Gasteiger partial charge in [0.25, 0.3) is 0 Å². The lowest BCUT2D eigenvalue weighted by atomic mass is 9.84. The number of amides is 1. The van der Waals surface area contributed by atoms with Crippen molar-refractivity contribution in [3.05, 3.63) is 71.3 Å². The third-order valence-electron chi connectivity index (χ3n) is 6.21. The zero-order chi connectivity index (χ0) is 28.4. The summed E-state index contributed by atoms with van der Waals surface area (Å²) in [6, 6.07) is 3.82.